The molecule has 0 heterocycles. The zero-order valence-electron chi connectivity index (χ0n) is 18.3. The van der Waals surface area contributed by atoms with Gasteiger partial charge in [-0.3, -0.25) is 10.1 Å². The first-order chi connectivity index (χ1) is 16.1. The van der Waals surface area contributed by atoms with Crippen LogP contribution in [0.15, 0.2) is 72.8 Å². The summed E-state index contributed by atoms with van der Waals surface area (Å²) < 4.78 is 5.52. The maximum absolute atomic E-state index is 12.2. The number of ether oxygens (including phenoxy) is 1. The van der Waals surface area contributed by atoms with E-state index in [1.165, 1.54) is 28.3 Å². The summed E-state index contributed by atoms with van der Waals surface area (Å²) in [5.41, 5.74) is 5.94. The molecule has 3 aromatic carbocycles. The number of hydrogen-bond acceptors (Lipinski definition) is 5. The topological polar surface area (TPSA) is 93.5 Å². The van der Waals surface area contributed by atoms with E-state index in [2.05, 4.69) is 34.9 Å². The molecule has 0 spiro atoms. The highest BCUT2D eigenvalue weighted by molar-refractivity contribution is 5.79. The van der Waals surface area contributed by atoms with E-state index in [4.69, 9.17) is 4.74 Å². The quantitative estimate of drug-likeness (QED) is 0.269. The first-order valence-electron chi connectivity index (χ1n) is 10.8. The average molecular weight is 444 g/mol. The molecule has 0 unspecified atom stereocenters. The summed E-state index contributed by atoms with van der Waals surface area (Å²) in [6, 6.07) is 21.4. The Balaban J connectivity index is 1.27. The zero-order valence-corrected chi connectivity index (χ0v) is 18.3. The number of carbonyl (C=O) groups is 1. The summed E-state index contributed by atoms with van der Waals surface area (Å²) in [4.78, 5) is 23.0. The molecule has 33 heavy (non-hydrogen) atoms. The predicted molar refractivity (Wildman–Crippen MR) is 129 cm³/mol. The van der Waals surface area contributed by atoms with Crippen LogP contribution in [0.25, 0.3) is 17.2 Å². The molecule has 0 aliphatic heterocycles. The number of alkyl carbamates (subject to hydrolysis) is 1. The van der Waals surface area contributed by atoms with E-state index in [1.54, 1.807) is 25.3 Å². The van der Waals surface area contributed by atoms with Crippen LogP contribution in [0.1, 0.15) is 29.0 Å². The van der Waals surface area contributed by atoms with Gasteiger partial charge < -0.3 is 15.4 Å². The van der Waals surface area contributed by atoms with Gasteiger partial charge in [0.25, 0.3) is 5.69 Å². The van der Waals surface area contributed by atoms with Gasteiger partial charge in [-0.2, -0.15) is 0 Å². The van der Waals surface area contributed by atoms with Gasteiger partial charge in [0.2, 0.25) is 0 Å². The molecule has 1 aliphatic carbocycles. The highest BCUT2D eigenvalue weighted by Gasteiger charge is 2.28. The summed E-state index contributed by atoms with van der Waals surface area (Å²) in [7, 11) is 1.65. The molecule has 168 valence electrons. The number of nitro groups is 1. The summed E-state index contributed by atoms with van der Waals surface area (Å²) >= 11 is 0. The number of anilines is 1. The Hall–Kier alpha value is -4.13. The van der Waals surface area contributed by atoms with Crippen LogP contribution < -0.4 is 10.6 Å². The minimum atomic E-state index is -0.459. The molecule has 2 N–H and O–H groups in total. The van der Waals surface area contributed by atoms with E-state index >= 15 is 0 Å². The molecule has 0 atom stereocenters. The van der Waals surface area contributed by atoms with Crippen LogP contribution in [0.2, 0.25) is 0 Å². The van der Waals surface area contributed by atoms with Gasteiger partial charge in [-0.1, -0.05) is 66.7 Å². The minimum absolute atomic E-state index is 0.0245. The number of nitrogens with one attached hydrogen (secondary N) is 2. The van der Waals surface area contributed by atoms with E-state index in [-0.39, 0.29) is 18.2 Å². The lowest BCUT2D eigenvalue weighted by molar-refractivity contribution is -0.383. The third-order valence-corrected chi connectivity index (χ3v) is 5.72. The molecule has 7 heteroatoms. The second-order valence-corrected chi connectivity index (χ2v) is 7.73. The molecule has 4 rings (SSSR count). The fourth-order valence-corrected chi connectivity index (χ4v) is 4.14. The Bertz CT molecular complexity index is 1160. The molecular formula is C26H25N3O4. The van der Waals surface area contributed by atoms with Gasteiger partial charge in [0.1, 0.15) is 12.3 Å². The Labute approximate surface area is 192 Å². The maximum Gasteiger partial charge on any atom is 0.407 e. The molecule has 0 radical (unpaired) electrons. The van der Waals surface area contributed by atoms with Crippen LogP contribution in [0.3, 0.4) is 0 Å². The number of benzene rings is 3. The van der Waals surface area contributed by atoms with Crippen molar-refractivity contribution in [3.63, 3.8) is 0 Å². The van der Waals surface area contributed by atoms with Crippen LogP contribution >= 0.6 is 0 Å². The van der Waals surface area contributed by atoms with Crippen LogP contribution in [-0.2, 0) is 4.74 Å². The van der Waals surface area contributed by atoms with E-state index in [0.717, 1.165) is 5.56 Å². The lowest BCUT2D eigenvalue weighted by Crippen LogP contribution is -2.26. The molecule has 0 bridgehead atoms. The second-order valence-electron chi connectivity index (χ2n) is 7.73. The third-order valence-electron chi connectivity index (χ3n) is 5.72. The first-order valence-corrected chi connectivity index (χ1v) is 10.8. The van der Waals surface area contributed by atoms with Crippen LogP contribution in [0.4, 0.5) is 16.2 Å². The van der Waals surface area contributed by atoms with Gasteiger partial charge in [-0.25, -0.2) is 4.79 Å². The normalized spacial score (nSPS) is 12.3. The molecular weight excluding hydrogens is 418 g/mol. The number of hydrogen-bond donors (Lipinski definition) is 2. The lowest BCUT2D eigenvalue weighted by atomic mass is 9.98. The van der Waals surface area contributed by atoms with Gasteiger partial charge in [0.05, 0.1) is 4.92 Å². The lowest BCUT2D eigenvalue weighted by Gasteiger charge is -2.14. The molecule has 0 saturated heterocycles. The van der Waals surface area contributed by atoms with Gasteiger partial charge in [0.15, 0.2) is 0 Å². The number of fused-ring (bicyclic) bond motifs is 3. The Morgan fingerprint density at radius 3 is 2.36 bits per heavy atom. The fourth-order valence-electron chi connectivity index (χ4n) is 4.14. The van der Waals surface area contributed by atoms with Crippen molar-refractivity contribution in [2.24, 2.45) is 0 Å². The minimum Gasteiger partial charge on any atom is -0.449 e. The van der Waals surface area contributed by atoms with Crippen molar-refractivity contribution >= 4 is 23.5 Å². The van der Waals surface area contributed by atoms with Crippen molar-refractivity contribution in [3.8, 4) is 11.1 Å². The fraction of sp³-hybridized carbons (Fsp3) is 0.192. The Morgan fingerprint density at radius 2 is 1.73 bits per heavy atom. The smallest absolute Gasteiger partial charge is 0.407 e. The van der Waals surface area contributed by atoms with E-state index < -0.39 is 11.0 Å². The highest BCUT2D eigenvalue weighted by atomic mass is 16.6. The monoisotopic (exact) mass is 443 g/mol. The van der Waals surface area contributed by atoms with E-state index in [9.17, 15) is 14.9 Å². The van der Waals surface area contributed by atoms with E-state index in [0.29, 0.717) is 18.7 Å². The van der Waals surface area contributed by atoms with Crippen molar-refractivity contribution in [3.05, 3.63) is 99.6 Å². The summed E-state index contributed by atoms with van der Waals surface area (Å²) in [6.07, 6.45) is 3.78. The molecule has 0 saturated carbocycles. The predicted octanol–water partition coefficient (Wildman–Crippen LogP) is 5.58. The summed E-state index contributed by atoms with van der Waals surface area (Å²) in [5.74, 6) is 0.0272. The number of rotatable bonds is 8. The van der Waals surface area contributed by atoms with Gasteiger partial charge in [-0.05, 0) is 40.3 Å². The molecule has 7 nitrogen and oxygen atoms in total. The van der Waals surface area contributed by atoms with Gasteiger partial charge >= 0.3 is 6.09 Å². The van der Waals surface area contributed by atoms with Gasteiger partial charge in [-0.15, -0.1) is 0 Å². The highest BCUT2D eigenvalue weighted by Crippen LogP contribution is 2.44. The summed E-state index contributed by atoms with van der Waals surface area (Å²) in [5, 5.41) is 16.7. The van der Waals surface area contributed by atoms with E-state index in [1.807, 2.05) is 30.3 Å². The maximum atomic E-state index is 12.2. The van der Waals surface area contributed by atoms with Crippen LogP contribution in [0, 0.1) is 10.1 Å². The molecule has 1 amide bonds. The SMILES string of the molecule is CNc1ccc(C=CCCNC(=O)OCC2c3ccccc3-c3ccccc32)cc1[N+](=O)[O-]. The van der Waals surface area contributed by atoms with Crippen molar-refractivity contribution in [1.82, 2.24) is 5.32 Å². The van der Waals surface area contributed by atoms with Crippen molar-refractivity contribution in [2.75, 3.05) is 25.5 Å². The molecule has 0 fully saturated rings. The Kier molecular flexibility index (Phi) is 6.69. The standard InChI is InChI=1S/C26H25N3O4/c1-27-24-14-13-18(16-25(24)29(31)32)8-6-7-15-28-26(30)33-17-23-21-11-4-2-9-19(21)20-10-3-5-12-22(20)23/h2-6,8-14,16,23,27H,7,15,17H2,1H3,(H,28,30). The zero-order chi connectivity index (χ0) is 23.2. The van der Waals surface area contributed by atoms with Crippen molar-refractivity contribution < 1.29 is 14.5 Å². The number of nitro benzene ring substituents is 1. The third kappa shape index (κ3) is 4.87. The van der Waals surface area contributed by atoms with Gasteiger partial charge in [0, 0.05) is 25.6 Å². The summed E-state index contributed by atoms with van der Waals surface area (Å²) in [6.45, 7) is 0.682. The second kappa shape index (κ2) is 9.99. The Morgan fingerprint density at radius 1 is 1.06 bits per heavy atom. The largest absolute Gasteiger partial charge is 0.449 e. The molecule has 1 aliphatic rings. The van der Waals surface area contributed by atoms with Crippen LogP contribution in [-0.4, -0.2) is 31.2 Å². The number of carbonyl (C=O) groups excluding carboxylic acids is 1. The average Bonchev–Trinajstić information content (AvgIpc) is 3.16. The molecule has 3 aromatic rings. The molecule has 0 aromatic heterocycles. The van der Waals surface area contributed by atoms with Crippen LogP contribution in [0.5, 0.6) is 0 Å². The number of nitrogens with zero attached hydrogens (tertiary/aromatic N) is 1. The van der Waals surface area contributed by atoms with Crippen molar-refractivity contribution in [2.45, 2.75) is 12.3 Å². The first kappa shape index (κ1) is 22.1. The van der Waals surface area contributed by atoms with Crippen molar-refractivity contribution in [1.29, 1.82) is 0 Å². The number of amides is 1.